The van der Waals surface area contributed by atoms with Gasteiger partial charge in [-0.05, 0) is 31.7 Å². The van der Waals surface area contributed by atoms with Gasteiger partial charge < -0.3 is 15.4 Å². The molecule has 0 bridgehead atoms. The van der Waals surface area contributed by atoms with Crippen molar-refractivity contribution < 1.29 is 5.11 Å². The van der Waals surface area contributed by atoms with Gasteiger partial charge in [0.25, 0.3) is 0 Å². The van der Waals surface area contributed by atoms with Crippen LogP contribution in [0.25, 0.3) is 0 Å². The molecule has 2 aliphatic rings. The highest BCUT2D eigenvalue weighted by molar-refractivity contribution is 4.97. The number of nitrogens with zero attached hydrogens (tertiary/aromatic N) is 3. The van der Waals surface area contributed by atoms with E-state index >= 15 is 0 Å². The van der Waals surface area contributed by atoms with Gasteiger partial charge in [-0.3, -0.25) is 4.90 Å². The van der Waals surface area contributed by atoms with Crippen molar-refractivity contribution in [2.45, 2.75) is 44.4 Å². The molecule has 5 nitrogen and oxygen atoms in total. The van der Waals surface area contributed by atoms with Crippen molar-refractivity contribution in [2.75, 3.05) is 19.6 Å². The van der Waals surface area contributed by atoms with Crippen LogP contribution in [0.15, 0.2) is 12.4 Å². The largest absolute Gasteiger partial charge is 0.388 e. The van der Waals surface area contributed by atoms with Gasteiger partial charge in [-0.15, -0.1) is 0 Å². The summed E-state index contributed by atoms with van der Waals surface area (Å²) >= 11 is 0. The zero-order valence-electron chi connectivity index (χ0n) is 11.5. The number of hydrogen-bond acceptors (Lipinski definition) is 4. The Morgan fingerprint density at radius 2 is 2.37 bits per heavy atom. The van der Waals surface area contributed by atoms with E-state index in [2.05, 4.69) is 20.6 Å². The maximum atomic E-state index is 10.5. The Morgan fingerprint density at radius 1 is 1.47 bits per heavy atom. The molecule has 2 unspecified atom stereocenters. The predicted molar refractivity (Wildman–Crippen MR) is 73.5 cm³/mol. The molecule has 2 atom stereocenters. The Morgan fingerprint density at radius 3 is 3.21 bits per heavy atom. The molecule has 2 heterocycles. The van der Waals surface area contributed by atoms with E-state index in [4.69, 9.17) is 5.73 Å². The van der Waals surface area contributed by atoms with Crippen molar-refractivity contribution in [3.8, 4) is 0 Å². The topological polar surface area (TPSA) is 67.3 Å². The Balaban J connectivity index is 1.53. The third-order valence-electron chi connectivity index (χ3n) is 4.89. The first-order chi connectivity index (χ1) is 9.21. The maximum absolute atomic E-state index is 10.5. The van der Waals surface area contributed by atoms with Crippen LogP contribution in [0.5, 0.6) is 0 Å². The second-order valence-corrected chi connectivity index (χ2v) is 6.00. The molecule has 1 aromatic rings. The standard InChI is InChI=1S/C14H24N4O/c15-11-14(19)4-1-2-12(14)3-6-17-8-9-18-7-5-16-13(18)10-17/h5,7,12,19H,1-4,6,8-11,15H2. The van der Waals surface area contributed by atoms with E-state index < -0.39 is 5.60 Å². The van der Waals surface area contributed by atoms with Gasteiger partial charge in [-0.25, -0.2) is 4.98 Å². The lowest BCUT2D eigenvalue weighted by atomic mass is 9.88. The first-order valence-electron chi connectivity index (χ1n) is 7.36. The molecular weight excluding hydrogens is 240 g/mol. The lowest BCUT2D eigenvalue weighted by molar-refractivity contribution is 0.00361. The lowest BCUT2D eigenvalue weighted by Crippen LogP contribution is -2.43. The summed E-state index contributed by atoms with van der Waals surface area (Å²) in [4.78, 5) is 6.83. The molecular formula is C14H24N4O. The van der Waals surface area contributed by atoms with E-state index in [1.54, 1.807) is 0 Å². The van der Waals surface area contributed by atoms with E-state index in [0.29, 0.717) is 12.5 Å². The van der Waals surface area contributed by atoms with Crippen LogP contribution in [-0.2, 0) is 13.1 Å². The molecule has 3 N–H and O–H groups in total. The molecule has 1 saturated carbocycles. The number of aromatic nitrogens is 2. The van der Waals surface area contributed by atoms with Crippen LogP contribution < -0.4 is 5.73 Å². The van der Waals surface area contributed by atoms with Gasteiger partial charge >= 0.3 is 0 Å². The first kappa shape index (κ1) is 13.1. The van der Waals surface area contributed by atoms with Crippen LogP contribution in [0.1, 0.15) is 31.5 Å². The van der Waals surface area contributed by atoms with E-state index in [1.807, 2.05) is 6.20 Å². The Bertz CT molecular complexity index is 433. The van der Waals surface area contributed by atoms with Gasteiger partial charge in [-0.1, -0.05) is 6.42 Å². The quantitative estimate of drug-likeness (QED) is 0.835. The van der Waals surface area contributed by atoms with E-state index in [0.717, 1.165) is 57.7 Å². The fourth-order valence-corrected chi connectivity index (χ4v) is 3.56. The number of rotatable bonds is 4. The van der Waals surface area contributed by atoms with E-state index in [-0.39, 0.29) is 0 Å². The predicted octanol–water partition coefficient (Wildman–Crippen LogP) is 0.579. The molecule has 5 heteroatoms. The van der Waals surface area contributed by atoms with Crippen LogP contribution in [0.3, 0.4) is 0 Å². The highest BCUT2D eigenvalue weighted by atomic mass is 16.3. The van der Waals surface area contributed by atoms with E-state index in [9.17, 15) is 5.11 Å². The molecule has 0 radical (unpaired) electrons. The SMILES string of the molecule is NCC1(O)CCCC1CCN1CCn2ccnc2C1. The summed E-state index contributed by atoms with van der Waals surface area (Å²) < 4.78 is 2.22. The Kier molecular flexibility index (Phi) is 3.60. The molecule has 3 rings (SSSR count). The lowest BCUT2D eigenvalue weighted by Gasteiger charge is -2.32. The highest BCUT2D eigenvalue weighted by Crippen LogP contribution is 2.37. The molecule has 1 fully saturated rings. The number of imidazole rings is 1. The summed E-state index contributed by atoms with van der Waals surface area (Å²) in [6, 6.07) is 0. The van der Waals surface area contributed by atoms with Crippen molar-refractivity contribution in [2.24, 2.45) is 11.7 Å². The zero-order chi connectivity index (χ0) is 13.3. The van der Waals surface area contributed by atoms with Gasteiger partial charge in [-0.2, -0.15) is 0 Å². The average molecular weight is 264 g/mol. The first-order valence-corrected chi connectivity index (χ1v) is 7.36. The summed E-state index contributed by atoms with van der Waals surface area (Å²) in [6.07, 6.45) is 8.09. The fraction of sp³-hybridized carbons (Fsp3) is 0.786. The molecule has 106 valence electrons. The van der Waals surface area contributed by atoms with Crippen LogP contribution in [0.2, 0.25) is 0 Å². The zero-order valence-corrected chi connectivity index (χ0v) is 11.5. The molecule has 0 amide bonds. The number of hydrogen-bond donors (Lipinski definition) is 2. The molecule has 0 saturated heterocycles. The number of fused-ring (bicyclic) bond motifs is 1. The van der Waals surface area contributed by atoms with Gasteiger partial charge in [0.05, 0.1) is 12.1 Å². The molecule has 0 spiro atoms. The number of aliphatic hydroxyl groups is 1. The number of nitrogens with two attached hydrogens (primary N) is 1. The highest BCUT2D eigenvalue weighted by Gasteiger charge is 2.39. The summed E-state index contributed by atoms with van der Waals surface area (Å²) in [7, 11) is 0. The van der Waals surface area contributed by atoms with Gasteiger partial charge in [0.1, 0.15) is 5.82 Å². The molecule has 1 aliphatic carbocycles. The summed E-state index contributed by atoms with van der Waals surface area (Å²) in [5.74, 6) is 1.53. The van der Waals surface area contributed by atoms with Crippen LogP contribution >= 0.6 is 0 Å². The Labute approximate surface area is 114 Å². The normalized spacial score (nSPS) is 31.6. The van der Waals surface area contributed by atoms with Gasteiger partial charge in [0.2, 0.25) is 0 Å². The minimum Gasteiger partial charge on any atom is -0.388 e. The van der Waals surface area contributed by atoms with E-state index in [1.165, 1.54) is 0 Å². The summed E-state index contributed by atoms with van der Waals surface area (Å²) in [6.45, 7) is 4.49. The summed E-state index contributed by atoms with van der Waals surface area (Å²) in [5, 5.41) is 10.5. The summed E-state index contributed by atoms with van der Waals surface area (Å²) in [5.41, 5.74) is 5.14. The maximum Gasteiger partial charge on any atom is 0.122 e. The van der Waals surface area contributed by atoms with Gasteiger partial charge in [0, 0.05) is 32.0 Å². The van der Waals surface area contributed by atoms with Crippen LogP contribution in [0.4, 0.5) is 0 Å². The van der Waals surface area contributed by atoms with Crippen molar-refractivity contribution in [3.63, 3.8) is 0 Å². The third kappa shape index (κ3) is 2.55. The molecule has 19 heavy (non-hydrogen) atoms. The van der Waals surface area contributed by atoms with Gasteiger partial charge in [0.15, 0.2) is 0 Å². The van der Waals surface area contributed by atoms with Crippen molar-refractivity contribution in [3.05, 3.63) is 18.2 Å². The van der Waals surface area contributed by atoms with Crippen LogP contribution in [-0.4, -0.2) is 44.8 Å². The van der Waals surface area contributed by atoms with Crippen LogP contribution in [0, 0.1) is 5.92 Å². The minimum atomic E-state index is -0.603. The molecule has 1 aliphatic heterocycles. The van der Waals surface area contributed by atoms with Crippen molar-refractivity contribution in [1.29, 1.82) is 0 Å². The third-order valence-corrected chi connectivity index (χ3v) is 4.89. The second-order valence-electron chi connectivity index (χ2n) is 6.00. The second kappa shape index (κ2) is 5.23. The smallest absolute Gasteiger partial charge is 0.122 e. The molecule has 0 aromatic carbocycles. The Hall–Kier alpha value is -0.910. The fourth-order valence-electron chi connectivity index (χ4n) is 3.56. The van der Waals surface area contributed by atoms with Crippen molar-refractivity contribution in [1.82, 2.24) is 14.5 Å². The van der Waals surface area contributed by atoms with Crippen molar-refractivity contribution >= 4 is 0 Å². The average Bonchev–Trinajstić information content (AvgIpc) is 3.03. The monoisotopic (exact) mass is 264 g/mol. The minimum absolute atomic E-state index is 0.374. The molecule has 1 aromatic heterocycles.